The lowest BCUT2D eigenvalue weighted by molar-refractivity contribution is 0.0690. The molecule has 1 aromatic carbocycles. The summed E-state index contributed by atoms with van der Waals surface area (Å²) in [6.07, 6.45) is 2.26. The molecule has 0 fully saturated rings. The fourth-order valence-corrected chi connectivity index (χ4v) is 1.59. The Morgan fingerprint density at radius 3 is 2.76 bits per heavy atom. The van der Waals surface area contributed by atoms with Crippen LogP contribution in [0.4, 0.5) is 0 Å². The minimum absolute atomic E-state index is 0.0524. The first-order chi connectivity index (χ1) is 8.13. The number of carbonyl (C=O) groups is 2. The number of aldehydes is 1. The number of aromatic carboxylic acids is 1. The van der Waals surface area contributed by atoms with Gasteiger partial charge in [-0.25, -0.2) is 9.48 Å². The topological polar surface area (TPSA) is 72.2 Å². The predicted octanol–water partition coefficient (Wildman–Crippen LogP) is 1.69. The molecule has 0 radical (unpaired) electrons. The molecular formula is C12H10N2O3. The summed E-state index contributed by atoms with van der Waals surface area (Å²) in [6.45, 7) is 1.81. The van der Waals surface area contributed by atoms with Crippen LogP contribution in [0.25, 0.3) is 5.69 Å². The number of aromatic nitrogens is 2. The Labute approximate surface area is 97.3 Å². The van der Waals surface area contributed by atoms with Gasteiger partial charge in [-0.05, 0) is 24.6 Å². The average molecular weight is 230 g/mol. The molecule has 1 heterocycles. The molecule has 2 aromatic rings. The fraction of sp³-hybridized carbons (Fsp3) is 0.0833. The van der Waals surface area contributed by atoms with E-state index in [9.17, 15) is 9.59 Å². The van der Waals surface area contributed by atoms with Crippen LogP contribution in [0.5, 0.6) is 0 Å². The van der Waals surface area contributed by atoms with Gasteiger partial charge in [0, 0.05) is 11.8 Å². The molecule has 0 aliphatic carbocycles. The van der Waals surface area contributed by atoms with E-state index in [1.165, 1.54) is 16.9 Å². The van der Waals surface area contributed by atoms with Crippen molar-refractivity contribution in [3.8, 4) is 5.69 Å². The van der Waals surface area contributed by atoms with Crippen LogP contribution in [-0.2, 0) is 0 Å². The number of rotatable bonds is 3. The standard InChI is InChI=1S/C12H10N2O3/c1-8-3-2-4-11(9(8)7-15)14-6-5-10(13-14)12(16)17/h2-7H,1H3,(H,16,17). The highest BCUT2D eigenvalue weighted by molar-refractivity contribution is 5.86. The summed E-state index contributed by atoms with van der Waals surface area (Å²) in [5.74, 6) is -1.09. The zero-order valence-electron chi connectivity index (χ0n) is 9.12. The smallest absolute Gasteiger partial charge is 0.356 e. The molecule has 0 unspecified atom stereocenters. The van der Waals surface area contributed by atoms with Gasteiger partial charge in [0.2, 0.25) is 0 Å². The number of hydrogen-bond donors (Lipinski definition) is 1. The van der Waals surface area contributed by atoms with E-state index >= 15 is 0 Å². The maximum Gasteiger partial charge on any atom is 0.356 e. The molecule has 1 N–H and O–H groups in total. The molecule has 0 bridgehead atoms. The average Bonchev–Trinajstić information content (AvgIpc) is 2.77. The SMILES string of the molecule is Cc1cccc(-n2ccc(C(=O)O)n2)c1C=O. The highest BCUT2D eigenvalue weighted by Crippen LogP contribution is 2.16. The number of aryl methyl sites for hydroxylation is 1. The summed E-state index contributed by atoms with van der Waals surface area (Å²) < 4.78 is 1.39. The van der Waals surface area contributed by atoms with Crippen LogP contribution in [0.3, 0.4) is 0 Å². The summed E-state index contributed by atoms with van der Waals surface area (Å²) in [4.78, 5) is 21.7. The molecule has 1 aromatic heterocycles. The number of benzene rings is 1. The third-order valence-corrected chi connectivity index (χ3v) is 2.47. The highest BCUT2D eigenvalue weighted by Gasteiger charge is 2.11. The van der Waals surface area contributed by atoms with Crippen LogP contribution in [0.15, 0.2) is 30.5 Å². The van der Waals surface area contributed by atoms with Gasteiger partial charge in [0.15, 0.2) is 12.0 Å². The Morgan fingerprint density at radius 1 is 1.41 bits per heavy atom. The van der Waals surface area contributed by atoms with Crippen LogP contribution in [0, 0.1) is 6.92 Å². The number of carboxylic acids is 1. The van der Waals surface area contributed by atoms with Crippen LogP contribution in [0.1, 0.15) is 26.4 Å². The van der Waals surface area contributed by atoms with Gasteiger partial charge in [-0.3, -0.25) is 4.79 Å². The largest absolute Gasteiger partial charge is 0.476 e. The van der Waals surface area contributed by atoms with Gasteiger partial charge in [0.1, 0.15) is 0 Å². The van der Waals surface area contributed by atoms with Crippen molar-refractivity contribution in [1.29, 1.82) is 0 Å². The van der Waals surface area contributed by atoms with E-state index in [1.807, 2.05) is 13.0 Å². The van der Waals surface area contributed by atoms with Gasteiger partial charge in [0.25, 0.3) is 0 Å². The molecule has 0 saturated heterocycles. The van der Waals surface area contributed by atoms with Gasteiger partial charge in [0.05, 0.1) is 5.69 Å². The second-order valence-electron chi connectivity index (χ2n) is 3.58. The molecule has 2 rings (SSSR count). The first-order valence-electron chi connectivity index (χ1n) is 4.97. The zero-order chi connectivity index (χ0) is 12.4. The quantitative estimate of drug-likeness (QED) is 0.814. The zero-order valence-corrected chi connectivity index (χ0v) is 9.12. The van der Waals surface area contributed by atoms with Crippen molar-refractivity contribution >= 4 is 12.3 Å². The number of hydrogen-bond acceptors (Lipinski definition) is 3. The number of nitrogens with zero attached hydrogens (tertiary/aromatic N) is 2. The molecule has 0 aliphatic heterocycles. The van der Waals surface area contributed by atoms with E-state index in [0.717, 1.165) is 11.8 Å². The molecule has 0 amide bonds. The second-order valence-corrected chi connectivity index (χ2v) is 3.58. The summed E-state index contributed by atoms with van der Waals surface area (Å²) in [5.41, 5.74) is 1.85. The first kappa shape index (κ1) is 11.1. The lowest BCUT2D eigenvalue weighted by Crippen LogP contribution is -2.04. The monoisotopic (exact) mass is 230 g/mol. The van der Waals surface area contributed by atoms with Crippen molar-refractivity contribution in [1.82, 2.24) is 9.78 Å². The van der Waals surface area contributed by atoms with E-state index in [1.54, 1.807) is 12.1 Å². The van der Waals surface area contributed by atoms with Crippen molar-refractivity contribution in [2.75, 3.05) is 0 Å². The van der Waals surface area contributed by atoms with Gasteiger partial charge in [-0.15, -0.1) is 0 Å². The van der Waals surface area contributed by atoms with Crippen LogP contribution in [-0.4, -0.2) is 27.1 Å². The van der Waals surface area contributed by atoms with Crippen LogP contribution in [0.2, 0.25) is 0 Å². The highest BCUT2D eigenvalue weighted by atomic mass is 16.4. The molecular weight excluding hydrogens is 220 g/mol. The van der Waals surface area contributed by atoms with Crippen molar-refractivity contribution < 1.29 is 14.7 Å². The second kappa shape index (κ2) is 4.21. The Bertz CT molecular complexity index is 587. The van der Waals surface area contributed by atoms with E-state index in [4.69, 9.17) is 5.11 Å². The fourth-order valence-electron chi connectivity index (χ4n) is 1.59. The van der Waals surface area contributed by atoms with Gasteiger partial charge < -0.3 is 5.11 Å². The van der Waals surface area contributed by atoms with Crippen molar-refractivity contribution in [2.45, 2.75) is 6.92 Å². The molecule has 0 saturated carbocycles. The molecule has 0 aliphatic rings. The third-order valence-electron chi connectivity index (χ3n) is 2.47. The maximum atomic E-state index is 11.0. The summed E-state index contributed by atoms with van der Waals surface area (Å²) >= 11 is 0. The minimum atomic E-state index is -1.09. The predicted molar refractivity (Wildman–Crippen MR) is 60.6 cm³/mol. The van der Waals surface area contributed by atoms with Crippen LogP contribution >= 0.6 is 0 Å². The molecule has 0 atom stereocenters. The lowest BCUT2D eigenvalue weighted by atomic mass is 10.1. The van der Waals surface area contributed by atoms with Gasteiger partial charge in [-0.1, -0.05) is 12.1 Å². The number of carboxylic acid groups (broad SMARTS) is 1. The summed E-state index contributed by atoms with van der Waals surface area (Å²) in [6, 6.07) is 6.71. The van der Waals surface area contributed by atoms with E-state index in [0.29, 0.717) is 11.3 Å². The van der Waals surface area contributed by atoms with E-state index in [2.05, 4.69) is 5.10 Å². The normalized spacial score (nSPS) is 10.2. The molecule has 0 spiro atoms. The number of carbonyl (C=O) groups excluding carboxylic acids is 1. The lowest BCUT2D eigenvalue weighted by Gasteiger charge is -2.06. The molecule has 5 heteroatoms. The summed E-state index contributed by atoms with van der Waals surface area (Å²) in [5, 5.41) is 12.7. The van der Waals surface area contributed by atoms with E-state index < -0.39 is 5.97 Å². The molecule has 86 valence electrons. The summed E-state index contributed by atoms with van der Waals surface area (Å²) in [7, 11) is 0. The first-order valence-corrected chi connectivity index (χ1v) is 4.97. The van der Waals surface area contributed by atoms with Gasteiger partial charge >= 0.3 is 5.97 Å². The van der Waals surface area contributed by atoms with Crippen molar-refractivity contribution in [3.05, 3.63) is 47.3 Å². The Kier molecular flexibility index (Phi) is 2.74. The maximum absolute atomic E-state index is 11.0. The Hall–Kier alpha value is -2.43. The Morgan fingerprint density at radius 2 is 2.18 bits per heavy atom. The third kappa shape index (κ3) is 1.94. The van der Waals surface area contributed by atoms with Crippen LogP contribution < -0.4 is 0 Å². The molecule has 5 nitrogen and oxygen atoms in total. The molecule has 17 heavy (non-hydrogen) atoms. The van der Waals surface area contributed by atoms with Crippen molar-refractivity contribution in [3.63, 3.8) is 0 Å². The minimum Gasteiger partial charge on any atom is -0.476 e. The Balaban J connectivity index is 2.56. The van der Waals surface area contributed by atoms with Gasteiger partial charge in [-0.2, -0.15) is 5.10 Å². The van der Waals surface area contributed by atoms with Crippen molar-refractivity contribution in [2.24, 2.45) is 0 Å². The van der Waals surface area contributed by atoms with E-state index in [-0.39, 0.29) is 5.69 Å².